The Hall–Kier alpha value is -2.59. The lowest BCUT2D eigenvalue weighted by Crippen LogP contribution is -2.35. The second kappa shape index (κ2) is 11.0. The van der Waals surface area contributed by atoms with E-state index in [1.807, 2.05) is 30.3 Å². The molecule has 0 bridgehead atoms. The number of nitrogens with zero attached hydrogens (tertiary/aromatic N) is 2. The molecule has 0 aromatic heterocycles. The molecule has 0 aliphatic carbocycles. The average molecular weight is 517 g/mol. The van der Waals surface area contributed by atoms with Crippen molar-refractivity contribution in [1.29, 1.82) is 0 Å². The van der Waals surface area contributed by atoms with Crippen LogP contribution in [0.2, 0.25) is 0 Å². The first-order valence-corrected chi connectivity index (χ1v) is 14.5. The van der Waals surface area contributed by atoms with Gasteiger partial charge in [0, 0.05) is 31.7 Å². The van der Waals surface area contributed by atoms with Crippen LogP contribution in [-0.4, -0.2) is 45.1 Å². The number of hydrogen-bond donors (Lipinski definition) is 0. The Bertz CT molecular complexity index is 1340. The summed E-state index contributed by atoms with van der Waals surface area (Å²) in [6.07, 6.45) is 3.09. The van der Waals surface area contributed by atoms with Crippen molar-refractivity contribution in [3.8, 4) is 0 Å². The molecule has 3 aromatic rings. The minimum absolute atomic E-state index is 0.0282. The monoisotopic (exact) mass is 516 g/mol. The molecular formula is C26H29FN2O4S2. The van der Waals surface area contributed by atoms with E-state index in [0.717, 1.165) is 24.8 Å². The van der Waals surface area contributed by atoms with Crippen molar-refractivity contribution in [3.63, 3.8) is 0 Å². The van der Waals surface area contributed by atoms with Crippen LogP contribution in [-0.2, 0) is 33.0 Å². The van der Waals surface area contributed by atoms with Crippen molar-refractivity contribution in [2.45, 2.75) is 42.0 Å². The highest BCUT2D eigenvalue weighted by molar-refractivity contribution is 7.89. The van der Waals surface area contributed by atoms with Gasteiger partial charge in [0.15, 0.2) is 0 Å². The summed E-state index contributed by atoms with van der Waals surface area (Å²) in [5, 5.41) is 0. The molecule has 4 rings (SSSR count). The van der Waals surface area contributed by atoms with E-state index in [1.54, 1.807) is 18.2 Å². The Kier molecular flexibility index (Phi) is 8.01. The highest BCUT2D eigenvalue weighted by Gasteiger charge is 2.29. The molecule has 1 saturated heterocycles. The van der Waals surface area contributed by atoms with Crippen LogP contribution in [0.5, 0.6) is 0 Å². The van der Waals surface area contributed by atoms with Gasteiger partial charge in [0.1, 0.15) is 5.82 Å². The maximum absolute atomic E-state index is 14.4. The van der Waals surface area contributed by atoms with Crippen LogP contribution in [0.3, 0.4) is 0 Å². The second-order valence-electron chi connectivity index (χ2n) is 8.60. The molecule has 0 N–H and O–H groups in total. The fraction of sp³-hybridized carbons (Fsp3) is 0.308. The van der Waals surface area contributed by atoms with Crippen LogP contribution < -0.4 is 0 Å². The third-order valence-electron chi connectivity index (χ3n) is 6.21. The van der Waals surface area contributed by atoms with Crippen LogP contribution in [0.4, 0.5) is 4.39 Å². The van der Waals surface area contributed by atoms with Crippen LogP contribution >= 0.6 is 0 Å². The zero-order valence-corrected chi connectivity index (χ0v) is 21.0. The molecule has 1 heterocycles. The number of rotatable bonds is 9. The Morgan fingerprint density at radius 2 is 1.34 bits per heavy atom. The minimum Gasteiger partial charge on any atom is -0.207 e. The van der Waals surface area contributed by atoms with Gasteiger partial charge in [-0.05, 0) is 55.2 Å². The maximum Gasteiger partial charge on any atom is 0.243 e. The standard InChI is InChI=1S/C26H29FN2O4S2/c27-26-12-6-5-11-23(26)21-29(20-17-22-9-3-1-4-10-22)35(32,33)25-15-13-24(14-16-25)34(30,31)28-18-7-2-8-19-28/h1,3-6,9-16H,2,7-8,17-21H2. The Morgan fingerprint density at radius 1 is 0.743 bits per heavy atom. The normalized spacial score (nSPS) is 15.4. The molecule has 6 nitrogen and oxygen atoms in total. The molecule has 0 spiro atoms. The highest BCUT2D eigenvalue weighted by Crippen LogP contribution is 2.25. The van der Waals surface area contributed by atoms with Crippen molar-refractivity contribution < 1.29 is 21.2 Å². The molecule has 3 aromatic carbocycles. The lowest BCUT2D eigenvalue weighted by molar-refractivity contribution is 0.346. The van der Waals surface area contributed by atoms with Gasteiger partial charge in [-0.1, -0.05) is 55.0 Å². The Morgan fingerprint density at radius 3 is 2.00 bits per heavy atom. The number of sulfonamides is 2. The number of halogens is 1. The maximum atomic E-state index is 14.4. The van der Waals surface area contributed by atoms with Gasteiger partial charge in [0.2, 0.25) is 20.0 Å². The van der Waals surface area contributed by atoms with Gasteiger partial charge < -0.3 is 0 Å². The zero-order chi connectivity index (χ0) is 24.9. The SMILES string of the molecule is O=S(=O)(c1ccc(S(=O)(=O)N(CCc2ccccc2)Cc2ccccc2F)cc1)N1CCCCC1. The molecule has 1 aliphatic heterocycles. The predicted octanol–water partition coefficient (Wildman–Crippen LogP) is 4.43. The summed E-state index contributed by atoms with van der Waals surface area (Å²) in [6, 6.07) is 20.9. The fourth-order valence-electron chi connectivity index (χ4n) is 4.19. The first kappa shape index (κ1) is 25.5. The molecule has 186 valence electrons. The lowest BCUT2D eigenvalue weighted by Gasteiger charge is -2.26. The number of hydrogen-bond acceptors (Lipinski definition) is 4. The topological polar surface area (TPSA) is 74.8 Å². The fourth-order valence-corrected chi connectivity index (χ4v) is 7.12. The molecular weight excluding hydrogens is 487 g/mol. The molecule has 1 aliphatic rings. The molecule has 0 radical (unpaired) electrons. The number of benzene rings is 3. The van der Waals surface area contributed by atoms with E-state index in [1.165, 1.54) is 38.9 Å². The van der Waals surface area contributed by atoms with E-state index in [0.29, 0.717) is 19.5 Å². The van der Waals surface area contributed by atoms with Gasteiger partial charge in [-0.25, -0.2) is 21.2 Å². The van der Waals surface area contributed by atoms with Crippen molar-refractivity contribution in [3.05, 3.63) is 95.8 Å². The molecule has 35 heavy (non-hydrogen) atoms. The van der Waals surface area contributed by atoms with Gasteiger partial charge in [0.05, 0.1) is 9.79 Å². The van der Waals surface area contributed by atoms with E-state index >= 15 is 0 Å². The van der Waals surface area contributed by atoms with Crippen LogP contribution in [0.15, 0.2) is 88.7 Å². The van der Waals surface area contributed by atoms with Crippen molar-refractivity contribution >= 4 is 20.0 Å². The van der Waals surface area contributed by atoms with Crippen LogP contribution in [0.25, 0.3) is 0 Å². The Balaban J connectivity index is 1.60. The largest absolute Gasteiger partial charge is 0.243 e. The summed E-state index contributed by atoms with van der Waals surface area (Å²) < 4.78 is 70.1. The van der Waals surface area contributed by atoms with Gasteiger partial charge in [-0.2, -0.15) is 8.61 Å². The molecule has 0 unspecified atom stereocenters. The second-order valence-corrected chi connectivity index (χ2v) is 12.5. The van der Waals surface area contributed by atoms with E-state index in [-0.39, 0.29) is 28.4 Å². The molecule has 0 saturated carbocycles. The van der Waals surface area contributed by atoms with E-state index in [2.05, 4.69) is 0 Å². The number of piperidine rings is 1. The summed E-state index contributed by atoms with van der Waals surface area (Å²) in [5.74, 6) is -0.476. The third kappa shape index (κ3) is 5.98. The molecule has 0 amide bonds. The van der Waals surface area contributed by atoms with E-state index < -0.39 is 25.9 Å². The minimum atomic E-state index is -4.02. The molecule has 1 fully saturated rings. The lowest BCUT2D eigenvalue weighted by atomic mass is 10.1. The Labute approximate surface area is 207 Å². The van der Waals surface area contributed by atoms with Crippen molar-refractivity contribution in [2.24, 2.45) is 0 Å². The zero-order valence-electron chi connectivity index (χ0n) is 19.4. The summed E-state index contributed by atoms with van der Waals surface area (Å²) >= 11 is 0. The summed E-state index contributed by atoms with van der Waals surface area (Å²) in [4.78, 5) is 0.0442. The smallest absolute Gasteiger partial charge is 0.207 e. The average Bonchev–Trinajstić information content (AvgIpc) is 2.88. The predicted molar refractivity (Wildman–Crippen MR) is 133 cm³/mol. The molecule has 0 atom stereocenters. The van der Waals surface area contributed by atoms with E-state index in [9.17, 15) is 21.2 Å². The quantitative estimate of drug-likeness (QED) is 0.422. The first-order chi connectivity index (χ1) is 16.8. The first-order valence-electron chi connectivity index (χ1n) is 11.7. The van der Waals surface area contributed by atoms with Crippen molar-refractivity contribution in [2.75, 3.05) is 19.6 Å². The van der Waals surface area contributed by atoms with E-state index in [4.69, 9.17) is 0 Å². The van der Waals surface area contributed by atoms with Crippen LogP contribution in [0, 0.1) is 5.82 Å². The summed E-state index contributed by atoms with van der Waals surface area (Å²) in [5.41, 5.74) is 1.23. The van der Waals surface area contributed by atoms with Gasteiger partial charge >= 0.3 is 0 Å². The van der Waals surface area contributed by atoms with Crippen molar-refractivity contribution in [1.82, 2.24) is 8.61 Å². The highest BCUT2D eigenvalue weighted by atomic mass is 32.2. The molecule has 9 heteroatoms. The van der Waals surface area contributed by atoms with Gasteiger partial charge in [0.25, 0.3) is 0 Å². The summed E-state index contributed by atoms with van der Waals surface area (Å²) in [7, 11) is -7.68. The summed E-state index contributed by atoms with van der Waals surface area (Å²) in [6.45, 7) is 0.959. The van der Waals surface area contributed by atoms with Gasteiger partial charge in [-0.15, -0.1) is 0 Å². The third-order valence-corrected chi connectivity index (χ3v) is 9.98. The van der Waals surface area contributed by atoms with Gasteiger partial charge in [-0.3, -0.25) is 0 Å². The van der Waals surface area contributed by atoms with Crippen LogP contribution in [0.1, 0.15) is 30.4 Å².